The maximum absolute atomic E-state index is 12.2. The van der Waals surface area contributed by atoms with Gasteiger partial charge in [0.1, 0.15) is 22.0 Å². The first-order chi connectivity index (χ1) is 9.66. The molecule has 1 heterocycles. The van der Waals surface area contributed by atoms with Crippen molar-refractivity contribution in [2.24, 2.45) is 0 Å². The molecule has 0 atom stereocenters. The minimum atomic E-state index is -3.88. The number of aromatic carboxylic acids is 1. The molecule has 0 aliphatic carbocycles. The van der Waals surface area contributed by atoms with Crippen molar-refractivity contribution in [2.75, 3.05) is 27.2 Å². The van der Waals surface area contributed by atoms with Gasteiger partial charge >= 0.3 is 5.97 Å². The van der Waals surface area contributed by atoms with Crippen LogP contribution in [0.25, 0.3) is 0 Å². The zero-order chi connectivity index (χ0) is 16.2. The number of unbranched alkanes of at least 4 members (excludes halogenated alkanes) is 1. The molecule has 1 rings (SSSR count). The maximum atomic E-state index is 12.2. The topological polar surface area (TPSA) is 99.9 Å². The van der Waals surface area contributed by atoms with E-state index in [1.165, 1.54) is 13.8 Å². The Hall–Kier alpha value is -1.38. The SMILES string of the molecule is Cc1oc(C)c(S(=O)(=O)NCCCCN(C)C)c1C(=O)O. The van der Waals surface area contributed by atoms with E-state index in [2.05, 4.69) is 4.72 Å². The van der Waals surface area contributed by atoms with Crippen LogP contribution in [0.1, 0.15) is 34.7 Å². The number of carboxylic acid groups (broad SMARTS) is 1. The summed E-state index contributed by atoms with van der Waals surface area (Å²) in [6.45, 7) is 4.01. The van der Waals surface area contributed by atoms with E-state index < -0.39 is 16.0 Å². The third kappa shape index (κ3) is 4.55. The highest BCUT2D eigenvalue weighted by Gasteiger charge is 2.30. The minimum Gasteiger partial charge on any atom is -0.478 e. The Bertz CT molecular complexity index is 604. The molecule has 0 saturated heterocycles. The van der Waals surface area contributed by atoms with Crippen molar-refractivity contribution < 1.29 is 22.7 Å². The molecule has 0 saturated carbocycles. The number of rotatable bonds is 8. The normalized spacial score (nSPS) is 12.0. The molecule has 0 amide bonds. The summed E-state index contributed by atoms with van der Waals surface area (Å²) in [7, 11) is 0.00602. The van der Waals surface area contributed by atoms with Crippen molar-refractivity contribution in [3.05, 3.63) is 17.1 Å². The van der Waals surface area contributed by atoms with Gasteiger partial charge in [0, 0.05) is 6.54 Å². The highest BCUT2D eigenvalue weighted by molar-refractivity contribution is 7.89. The first kappa shape index (κ1) is 17.7. The Balaban J connectivity index is 2.82. The van der Waals surface area contributed by atoms with Crippen molar-refractivity contribution >= 4 is 16.0 Å². The molecule has 0 aliphatic rings. The molecule has 0 aromatic carbocycles. The summed E-state index contributed by atoms with van der Waals surface area (Å²) >= 11 is 0. The number of nitrogens with one attached hydrogen (secondary N) is 1. The van der Waals surface area contributed by atoms with Gasteiger partial charge in [-0.3, -0.25) is 0 Å². The van der Waals surface area contributed by atoms with Crippen LogP contribution in [0, 0.1) is 13.8 Å². The first-order valence-electron chi connectivity index (χ1n) is 6.64. The molecule has 1 aromatic heterocycles. The van der Waals surface area contributed by atoms with Gasteiger partial charge in [-0.1, -0.05) is 0 Å². The third-order valence-corrected chi connectivity index (χ3v) is 4.63. The van der Waals surface area contributed by atoms with Gasteiger partial charge in [-0.05, 0) is 47.3 Å². The molecular formula is C13H22N2O5S. The highest BCUT2D eigenvalue weighted by Crippen LogP contribution is 2.26. The third-order valence-electron chi connectivity index (χ3n) is 3.01. The van der Waals surface area contributed by atoms with E-state index in [1.54, 1.807) is 0 Å². The lowest BCUT2D eigenvalue weighted by Gasteiger charge is -2.10. The molecule has 1 aromatic rings. The Morgan fingerprint density at radius 1 is 1.24 bits per heavy atom. The lowest BCUT2D eigenvalue weighted by atomic mass is 10.2. The number of carboxylic acids is 1. The molecular weight excluding hydrogens is 296 g/mol. The zero-order valence-corrected chi connectivity index (χ0v) is 13.6. The second-order valence-corrected chi connectivity index (χ2v) is 6.84. The van der Waals surface area contributed by atoms with Gasteiger partial charge in [0.05, 0.1) is 0 Å². The van der Waals surface area contributed by atoms with Crippen LogP contribution in [0.4, 0.5) is 0 Å². The molecule has 0 spiro atoms. The average molecular weight is 318 g/mol. The summed E-state index contributed by atoms with van der Waals surface area (Å²) in [6.07, 6.45) is 1.53. The molecule has 0 aliphatic heterocycles. The van der Waals surface area contributed by atoms with Crippen molar-refractivity contribution in [1.29, 1.82) is 0 Å². The number of carbonyl (C=O) groups is 1. The van der Waals surface area contributed by atoms with Crippen LogP contribution >= 0.6 is 0 Å². The van der Waals surface area contributed by atoms with Crippen LogP contribution in [0.3, 0.4) is 0 Å². The van der Waals surface area contributed by atoms with Gasteiger partial charge in [-0.15, -0.1) is 0 Å². The Morgan fingerprint density at radius 2 is 1.86 bits per heavy atom. The molecule has 21 heavy (non-hydrogen) atoms. The monoisotopic (exact) mass is 318 g/mol. The van der Waals surface area contributed by atoms with Crippen molar-refractivity contribution in [3.63, 3.8) is 0 Å². The van der Waals surface area contributed by atoms with E-state index in [0.717, 1.165) is 13.0 Å². The van der Waals surface area contributed by atoms with E-state index in [9.17, 15) is 13.2 Å². The van der Waals surface area contributed by atoms with Gasteiger partial charge in [0.15, 0.2) is 0 Å². The number of hydrogen-bond donors (Lipinski definition) is 2. The molecule has 0 bridgehead atoms. The molecule has 2 N–H and O–H groups in total. The first-order valence-corrected chi connectivity index (χ1v) is 8.12. The maximum Gasteiger partial charge on any atom is 0.340 e. The standard InChI is InChI=1S/C13H22N2O5S/c1-9-11(13(16)17)12(10(2)20-9)21(18,19)14-7-5-6-8-15(3)4/h14H,5-8H2,1-4H3,(H,16,17). The zero-order valence-electron chi connectivity index (χ0n) is 12.8. The van der Waals surface area contributed by atoms with Gasteiger partial charge in [-0.25, -0.2) is 17.9 Å². The summed E-state index contributed by atoms with van der Waals surface area (Å²) in [5.41, 5.74) is -0.298. The summed E-state index contributed by atoms with van der Waals surface area (Å²) in [4.78, 5) is 12.9. The fraction of sp³-hybridized carbons (Fsp3) is 0.615. The van der Waals surface area contributed by atoms with E-state index >= 15 is 0 Å². The Kier molecular flexibility index (Phi) is 5.94. The summed E-state index contributed by atoms with van der Waals surface area (Å²) < 4.78 is 32.1. The Morgan fingerprint density at radius 3 is 2.38 bits per heavy atom. The van der Waals surface area contributed by atoms with Crippen molar-refractivity contribution in [2.45, 2.75) is 31.6 Å². The number of nitrogens with zero attached hydrogens (tertiary/aromatic N) is 1. The smallest absolute Gasteiger partial charge is 0.340 e. The van der Waals surface area contributed by atoms with E-state index in [-0.39, 0.29) is 28.5 Å². The van der Waals surface area contributed by atoms with Crippen LogP contribution in [0.5, 0.6) is 0 Å². The van der Waals surface area contributed by atoms with Crippen molar-refractivity contribution in [1.82, 2.24) is 9.62 Å². The predicted molar refractivity (Wildman–Crippen MR) is 78.1 cm³/mol. The number of sulfonamides is 1. The van der Waals surface area contributed by atoms with Crippen LogP contribution < -0.4 is 4.72 Å². The molecule has 0 unspecified atom stereocenters. The van der Waals surface area contributed by atoms with Gasteiger partial charge < -0.3 is 14.4 Å². The second-order valence-electron chi connectivity index (χ2n) is 5.13. The van der Waals surface area contributed by atoms with E-state index in [0.29, 0.717) is 6.42 Å². The summed E-state index contributed by atoms with van der Waals surface area (Å²) in [5.74, 6) is -1.13. The molecule has 0 radical (unpaired) electrons. The van der Waals surface area contributed by atoms with Crippen LogP contribution in [0.15, 0.2) is 9.31 Å². The lowest BCUT2D eigenvalue weighted by molar-refractivity contribution is 0.0691. The minimum absolute atomic E-state index is 0.0886. The molecule has 0 fully saturated rings. The van der Waals surface area contributed by atoms with Crippen LogP contribution in [-0.4, -0.2) is 51.6 Å². The van der Waals surface area contributed by atoms with Gasteiger partial charge in [0.2, 0.25) is 10.0 Å². The number of hydrogen-bond acceptors (Lipinski definition) is 5. The van der Waals surface area contributed by atoms with E-state index in [4.69, 9.17) is 9.52 Å². The number of furan rings is 1. The largest absolute Gasteiger partial charge is 0.478 e. The molecule has 120 valence electrons. The quantitative estimate of drug-likeness (QED) is 0.699. The Labute approximate surface area is 125 Å². The predicted octanol–water partition coefficient (Wildman–Crippen LogP) is 1.21. The average Bonchev–Trinajstić information content (AvgIpc) is 2.63. The highest BCUT2D eigenvalue weighted by atomic mass is 32.2. The number of aryl methyl sites for hydroxylation is 2. The van der Waals surface area contributed by atoms with E-state index in [1.807, 2.05) is 19.0 Å². The fourth-order valence-corrected chi connectivity index (χ4v) is 3.54. The second kappa shape index (κ2) is 7.06. The summed E-state index contributed by atoms with van der Waals surface area (Å²) in [6, 6.07) is 0. The summed E-state index contributed by atoms with van der Waals surface area (Å²) in [5, 5.41) is 9.14. The lowest BCUT2D eigenvalue weighted by Crippen LogP contribution is -2.27. The molecule has 8 heteroatoms. The van der Waals surface area contributed by atoms with Gasteiger partial charge in [-0.2, -0.15) is 0 Å². The fourth-order valence-electron chi connectivity index (χ4n) is 2.07. The van der Waals surface area contributed by atoms with Crippen molar-refractivity contribution in [3.8, 4) is 0 Å². The van der Waals surface area contributed by atoms with Gasteiger partial charge in [0.25, 0.3) is 0 Å². The van der Waals surface area contributed by atoms with Crippen LogP contribution in [-0.2, 0) is 10.0 Å². The van der Waals surface area contributed by atoms with Crippen LogP contribution in [0.2, 0.25) is 0 Å². The molecule has 7 nitrogen and oxygen atoms in total.